The number of carbonyl (C=O) groups is 2. The second kappa shape index (κ2) is 7.65. The Hall–Kier alpha value is -3.75. The van der Waals surface area contributed by atoms with Crippen molar-refractivity contribution >= 4 is 29.0 Å². The quantitative estimate of drug-likeness (QED) is 0.639. The van der Waals surface area contributed by atoms with E-state index in [2.05, 4.69) is 20.9 Å². The normalized spacial score (nSPS) is 10.4. The van der Waals surface area contributed by atoms with Gasteiger partial charge in [-0.15, -0.1) is 5.10 Å². The molecule has 0 radical (unpaired) electrons. The fraction of sp³-hybridized carbons (Fsp3) is 0.111. The first kappa shape index (κ1) is 18.1. The number of nitrogens with two attached hydrogens (primary N) is 1. The van der Waals surface area contributed by atoms with E-state index in [0.29, 0.717) is 11.4 Å². The van der Waals surface area contributed by atoms with Gasteiger partial charge in [0, 0.05) is 11.4 Å². The van der Waals surface area contributed by atoms with Crippen LogP contribution in [0.3, 0.4) is 0 Å². The van der Waals surface area contributed by atoms with E-state index in [4.69, 9.17) is 5.73 Å². The van der Waals surface area contributed by atoms with E-state index in [1.54, 1.807) is 6.07 Å². The van der Waals surface area contributed by atoms with Crippen molar-refractivity contribution in [2.45, 2.75) is 13.5 Å². The van der Waals surface area contributed by atoms with E-state index in [9.17, 15) is 14.0 Å². The fourth-order valence-corrected chi connectivity index (χ4v) is 2.38. The largest absolute Gasteiger partial charge is 0.382 e. The molecule has 1 aromatic heterocycles. The first-order valence-electron chi connectivity index (χ1n) is 8.05. The summed E-state index contributed by atoms with van der Waals surface area (Å²) in [7, 11) is 0. The molecule has 0 bridgehead atoms. The lowest BCUT2D eigenvalue weighted by Gasteiger charge is -2.07. The van der Waals surface area contributed by atoms with E-state index in [1.807, 2.05) is 25.1 Å². The number of benzene rings is 2. The van der Waals surface area contributed by atoms with Crippen LogP contribution >= 0.6 is 0 Å². The first-order valence-corrected chi connectivity index (χ1v) is 8.05. The Kier molecular flexibility index (Phi) is 5.11. The van der Waals surface area contributed by atoms with Crippen LogP contribution in [-0.4, -0.2) is 26.8 Å². The summed E-state index contributed by atoms with van der Waals surface area (Å²) >= 11 is 0. The van der Waals surface area contributed by atoms with E-state index in [0.717, 1.165) is 10.2 Å². The predicted octanol–water partition coefficient (Wildman–Crippen LogP) is 2.20. The van der Waals surface area contributed by atoms with Crippen LogP contribution in [0.25, 0.3) is 0 Å². The summed E-state index contributed by atoms with van der Waals surface area (Å²) in [4.78, 5) is 24.4. The molecule has 0 saturated heterocycles. The Bertz CT molecular complexity index is 984. The van der Waals surface area contributed by atoms with Gasteiger partial charge in [0.25, 0.3) is 5.91 Å². The third kappa shape index (κ3) is 4.46. The molecule has 1 heterocycles. The SMILES string of the molecule is Cc1cccc(NC(=O)Cn2nnc(C(=O)Nc3ccc(F)cc3)c2N)c1. The van der Waals surface area contributed by atoms with Crippen LogP contribution in [0.1, 0.15) is 16.1 Å². The summed E-state index contributed by atoms with van der Waals surface area (Å²) in [5.74, 6) is -1.43. The molecule has 0 aliphatic rings. The molecule has 2 amide bonds. The lowest BCUT2D eigenvalue weighted by atomic mass is 10.2. The zero-order valence-electron chi connectivity index (χ0n) is 14.4. The highest BCUT2D eigenvalue weighted by atomic mass is 19.1. The molecule has 2 aromatic carbocycles. The Morgan fingerprint density at radius 1 is 1.11 bits per heavy atom. The number of aryl methyl sites for hydroxylation is 1. The molecule has 9 heteroatoms. The third-order valence-electron chi connectivity index (χ3n) is 3.69. The van der Waals surface area contributed by atoms with Gasteiger partial charge >= 0.3 is 0 Å². The molecule has 0 atom stereocenters. The summed E-state index contributed by atoms with van der Waals surface area (Å²) in [5.41, 5.74) is 7.80. The molecule has 0 aliphatic carbocycles. The number of hydrogen-bond acceptors (Lipinski definition) is 5. The number of anilines is 3. The van der Waals surface area contributed by atoms with Crippen LogP contribution in [-0.2, 0) is 11.3 Å². The van der Waals surface area contributed by atoms with Crippen molar-refractivity contribution in [2.75, 3.05) is 16.4 Å². The van der Waals surface area contributed by atoms with Crippen LogP contribution in [0.4, 0.5) is 21.6 Å². The number of nitrogens with one attached hydrogen (secondary N) is 2. The molecule has 4 N–H and O–H groups in total. The highest BCUT2D eigenvalue weighted by molar-refractivity contribution is 6.05. The van der Waals surface area contributed by atoms with Gasteiger partial charge in [-0.3, -0.25) is 9.59 Å². The second-order valence-electron chi connectivity index (χ2n) is 5.86. The fourth-order valence-electron chi connectivity index (χ4n) is 2.38. The smallest absolute Gasteiger partial charge is 0.280 e. The van der Waals surface area contributed by atoms with Gasteiger partial charge in [-0.25, -0.2) is 9.07 Å². The van der Waals surface area contributed by atoms with Gasteiger partial charge in [-0.1, -0.05) is 17.3 Å². The van der Waals surface area contributed by atoms with Gasteiger partial charge in [0.15, 0.2) is 11.5 Å². The number of nitrogens with zero attached hydrogens (tertiary/aromatic N) is 3. The van der Waals surface area contributed by atoms with Gasteiger partial charge < -0.3 is 16.4 Å². The van der Waals surface area contributed by atoms with Crippen LogP contribution in [0, 0.1) is 12.7 Å². The molecule has 3 aromatic rings. The average molecular weight is 368 g/mol. The zero-order chi connectivity index (χ0) is 19.4. The van der Waals surface area contributed by atoms with E-state index < -0.39 is 11.7 Å². The average Bonchev–Trinajstić information content (AvgIpc) is 2.97. The lowest BCUT2D eigenvalue weighted by Crippen LogP contribution is -2.21. The number of nitrogen functional groups attached to an aromatic ring is 1. The van der Waals surface area contributed by atoms with Gasteiger partial charge in [0.2, 0.25) is 5.91 Å². The Labute approximate surface area is 154 Å². The molecule has 8 nitrogen and oxygen atoms in total. The van der Waals surface area contributed by atoms with E-state index in [1.165, 1.54) is 24.3 Å². The molecule has 0 aliphatic heterocycles. The van der Waals surface area contributed by atoms with Crippen molar-refractivity contribution in [3.8, 4) is 0 Å². The first-order chi connectivity index (χ1) is 12.9. The molecule has 27 heavy (non-hydrogen) atoms. The van der Waals surface area contributed by atoms with Crippen LogP contribution in [0.15, 0.2) is 48.5 Å². The minimum Gasteiger partial charge on any atom is -0.382 e. The number of rotatable bonds is 5. The molecular weight excluding hydrogens is 351 g/mol. The van der Waals surface area contributed by atoms with Crippen LogP contribution in [0.5, 0.6) is 0 Å². The monoisotopic (exact) mass is 368 g/mol. The van der Waals surface area contributed by atoms with Crippen molar-refractivity contribution in [3.05, 3.63) is 65.6 Å². The summed E-state index contributed by atoms with van der Waals surface area (Å²) in [5, 5.41) is 12.7. The highest BCUT2D eigenvalue weighted by Crippen LogP contribution is 2.14. The number of hydrogen-bond donors (Lipinski definition) is 3. The summed E-state index contributed by atoms with van der Waals surface area (Å²) in [6, 6.07) is 12.6. The van der Waals surface area contributed by atoms with Crippen LogP contribution in [0.2, 0.25) is 0 Å². The third-order valence-corrected chi connectivity index (χ3v) is 3.69. The summed E-state index contributed by atoms with van der Waals surface area (Å²) in [6.07, 6.45) is 0. The van der Waals surface area contributed by atoms with Crippen molar-refractivity contribution in [3.63, 3.8) is 0 Å². The maximum absolute atomic E-state index is 12.9. The standard InChI is InChI=1S/C18H17FN6O2/c1-11-3-2-4-14(9-11)21-15(26)10-25-17(20)16(23-24-25)18(27)22-13-7-5-12(19)6-8-13/h2-9H,10,20H2,1H3,(H,21,26)(H,22,27). The van der Waals surface area contributed by atoms with E-state index in [-0.39, 0.29) is 24.0 Å². The molecule has 3 rings (SSSR count). The highest BCUT2D eigenvalue weighted by Gasteiger charge is 2.19. The van der Waals surface area contributed by atoms with Crippen LogP contribution < -0.4 is 16.4 Å². The number of aromatic nitrogens is 3. The summed E-state index contributed by atoms with van der Waals surface area (Å²) < 4.78 is 14.0. The van der Waals surface area contributed by atoms with E-state index >= 15 is 0 Å². The Balaban J connectivity index is 1.66. The molecule has 0 unspecified atom stereocenters. The minimum atomic E-state index is -0.607. The molecule has 0 spiro atoms. The molecule has 138 valence electrons. The topological polar surface area (TPSA) is 115 Å². The number of carbonyl (C=O) groups excluding carboxylic acids is 2. The van der Waals surface area contributed by atoms with Crippen molar-refractivity contribution in [1.29, 1.82) is 0 Å². The van der Waals surface area contributed by atoms with Crippen molar-refractivity contribution in [1.82, 2.24) is 15.0 Å². The van der Waals surface area contributed by atoms with Crippen molar-refractivity contribution in [2.24, 2.45) is 0 Å². The van der Waals surface area contributed by atoms with Gasteiger partial charge in [-0.05, 0) is 48.9 Å². The minimum absolute atomic E-state index is 0.0472. The number of halogens is 1. The zero-order valence-corrected chi connectivity index (χ0v) is 14.4. The molecular formula is C18H17FN6O2. The molecule has 0 fully saturated rings. The Morgan fingerprint density at radius 2 is 1.85 bits per heavy atom. The predicted molar refractivity (Wildman–Crippen MR) is 98.6 cm³/mol. The lowest BCUT2D eigenvalue weighted by molar-refractivity contribution is -0.116. The van der Waals surface area contributed by atoms with Gasteiger partial charge in [-0.2, -0.15) is 0 Å². The van der Waals surface area contributed by atoms with Gasteiger partial charge in [0.1, 0.15) is 12.4 Å². The maximum Gasteiger partial charge on any atom is 0.280 e. The maximum atomic E-state index is 12.9. The summed E-state index contributed by atoms with van der Waals surface area (Å²) in [6.45, 7) is 1.72. The van der Waals surface area contributed by atoms with Crippen molar-refractivity contribution < 1.29 is 14.0 Å². The number of amides is 2. The van der Waals surface area contributed by atoms with Gasteiger partial charge in [0.05, 0.1) is 0 Å². The second-order valence-corrected chi connectivity index (χ2v) is 5.86. The Morgan fingerprint density at radius 3 is 2.56 bits per heavy atom. The molecule has 0 saturated carbocycles.